The monoisotopic (exact) mass is 646 g/mol. The van der Waals surface area contributed by atoms with Crippen LogP contribution in [-0.2, 0) is 25.9 Å². The zero-order chi connectivity index (χ0) is 30.1. The van der Waals surface area contributed by atoms with E-state index in [-0.39, 0.29) is 13.2 Å². The van der Waals surface area contributed by atoms with Gasteiger partial charge in [-0.2, -0.15) is 0 Å². The lowest BCUT2D eigenvalue weighted by atomic mass is 10.2. The van der Waals surface area contributed by atoms with E-state index in [1.165, 1.54) is 0 Å². The average molecular weight is 647 g/mol. The Morgan fingerprint density at radius 1 is 0.474 bits per heavy atom. The van der Waals surface area contributed by atoms with Gasteiger partial charge in [0.1, 0.15) is 12.2 Å². The van der Waals surface area contributed by atoms with Crippen LogP contribution < -0.4 is 0 Å². The van der Waals surface area contributed by atoms with Gasteiger partial charge in [-0.25, -0.2) is 0 Å². The Hall–Kier alpha value is 0.981. The maximum Gasteiger partial charge on any atom is 0.311 e. The van der Waals surface area contributed by atoms with Crippen molar-refractivity contribution in [3.8, 4) is 0 Å². The quantitative estimate of drug-likeness (QED) is 0.115. The Balaban J connectivity index is 4.60. The van der Waals surface area contributed by atoms with Crippen LogP contribution in [0, 0.1) is 0 Å². The number of aliphatic hydroxyl groups excluding tert-OH is 2. The molecule has 0 spiro atoms. The molecule has 0 bridgehead atoms. The van der Waals surface area contributed by atoms with Crippen LogP contribution >= 0.6 is 0 Å². The molecule has 0 aliphatic rings. The van der Waals surface area contributed by atoms with Gasteiger partial charge in [0, 0.05) is 13.2 Å². The first-order chi connectivity index (χ1) is 16.9. The van der Waals surface area contributed by atoms with Crippen molar-refractivity contribution in [2.45, 2.75) is 129 Å². The van der Waals surface area contributed by atoms with Crippen LogP contribution in [-0.4, -0.2) is 99.2 Å². The normalized spacial score (nSPS) is 16.1. The van der Waals surface area contributed by atoms with Crippen LogP contribution in [0.1, 0.15) is 12.8 Å². The summed E-state index contributed by atoms with van der Waals surface area (Å²) in [7, 11) is -11.4. The Morgan fingerprint density at radius 3 is 1.00 bits per heavy atom. The second-order valence-corrected chi connectivity index (χ2v) is 39.7. The molecular formula is C24H62O8Si6. The van der Waals surface area contributed by atoms with E-state index in [0.717, 1.165) is 24.9 Å². The summed E-state index contributed by atoms with van der Waals surface area (Å²) in [6.07, 6.45) is 0.567. The van der Waals surface area contributed by atoms with Crippen LogP contribution in [0.5, 0.6) is 0 Å². The van der Waals surface area contributed by atoms with E-state index in [2.05, 4.69) is 91.7 Å². The van der Waals surface area contributed by atoms with Gasteiger partial charge in [-0.3, -0.25) is 0 Å². The van der Waals surface area contributed by atoms with E-state index in [0.29, 0.717) is 13.2 Å². The van der Waals surface area contributed by atoms with Crippen LogP contribution in [0.3, 0.4) is 0 Å². The van der Waals surface area contributed by atoms with Gasteiger partial charge in [0.2, 0.25) is 0 Å². The van der Waals surface area contributed by atoms with Crippen molar-refractivity contribution in [2.75, 3.05) is 26.4 Å². The molecule has 0 saturated heterocycles. The molecule has 38 heavy (non-hydrogen) atoms. The lowest BCUT2D eigenvalue weighted by molar-refractivity contribution is -0.109. The van der Waals surface area contributed by atoms with E-state index < -0.39 is 62.6 Å². The number of hydrogen-bond acceptors (Lipinski definition) is 8. The molecule has 0 aromatic rings. The predicted molar refractivity (Wildman–Crippen MR) is 173 cm³/mol. The van der Waals surface area contributed by atoms with Crippen molar-refractivity contribution < 1.29 is 36.1 Å². The van der Waals surface area contributed by atoms with Crippen molar-refractivity contribution in [1.29, 1.82) is 0 Å². The molecule has 0 heterocycles. The zero-order valence-electron chi connectivity index (χ0n) is 27.2. The Kier molecular flexibility index (Phi) is 16.4. The molecule has 0 aromatic heterocycles. The van der Waals surface area contributed by atoms with Gasteiger partial charge in [0.25, 0.3) is 0 Å². The van der Waals surface area contributed by atoms with E-state index in [1.807, 2.05) is 0 Å². The Labute approximate surface area is 241 Å². The summed E-state index contributed by atoms with van der Waals surface area (Å²) in [6.45, 7) is 31.3. The highest BCUT2D eigenvalue weighted by atomic mass is 28.5. The second-order valence-electron chi connectivity index (χ2n) is 14.3. The summed E-state index contributed by atoms with van der Waals surface area (Å²) in [4.78, 5) is 0. The van der Waals surface area contributed by atoms with Gasteiger partial charge in [-0.15, -0.1) is 0 Å². The molecular weight excluding hydrogens is 585 g/mol. The standard InChI is InChI=1S/C24H62O8Si6/c1-33(2,3)29-37(11,12)31-35(7,8)19-15-17-27-23(21-25)24(22-26)28-18-16-20-36(9,10)32-38(13,14)30-34(4,5)6/h23-26H,15-22H2,1-14H3/t23-,24+. The van der Waals surface area contributed by atoms with Gasteiger partial charge in [-0.1, -0.05) is 0 Å². The summed E-state index contributed by atoms with van der Waals surface area (Å²) in [6, 6.07) is 1.89. The van der Waals surface area contributed by atoms with E-state index in [4.69, 9.17) is 25.9 Å². The van der Waals surface area contributed by atoms with Crippen molar-refractivity contribution in [3.63, 3.8) is 0 Å². The summed E-state index contributed by atoms with van der Waals surface area (Å²) in [5, 5.41) is 19.8. The van der Waals surface area contributed by atoms with E-state index in [9.17, 15) is 10.2 Å². The molecule has 0 rings (SSSR count). The van der Waals surface area contributed by atoms with Crippen LogP contribution in [0.15, 0.2) is 0 Å². The average Bonchev–Trinajstić information content (AvgIpc) is 2.63. The highest BCUT2D eigenvalue weighted by molar-refractivity contribution is 6.88. The summed E-state index contributed by atoms with van der Waals surface area (Å²) >= 11 is 0. The summed E-state index contributed by atoms with van der Waals surface area (Å²) in [5.74, 6) is 0. The van der Waals surface area contributed by atoms with Crippen molar-refractivity contribution in [1.82, 2.24) is 0 Å². The molecule has 2 N–H and O–H groups in total. The second kappa shape index (κ2) is 16.0. The minimum Gasteiger partial charge on any atom is -0.437 e. The molecule has 0 radical (unpaired) electrons. The van der Waals surface area contributed by atoms with Crippen molar-refractivity contribution in [2.24, 2.45) is 0 Å². The SMILES string of the molecule is C[Si](C)(C)O[Si](C)(C)O[Si](C)(C)CCCO[C@@H](CO)[C@@H](CO)OCCC[Si](C)(C)O[Si](C)(C)O[Si](C)(C)C. The highest BCUT2D eigenvalue weighted by Crippen LogP contribution is 2.25. The van der Waals surface area contributed by atoms with E-state index in [1.54, 1.807) is 0 Å². The minimum atomic E-state index is -2.16. The van der Waals surface area contributed by atoms with Gasteiger partial charge >= 0.3 is 17.1 Å². The summed E-state index contributed by atoms with van der Waals surface area (Å²) in [5.41, 5.74) is 0. The number of aliphatic hydroxyl groups is 2. The van der Waals surface area contributed by atoms with Gasteiger partial charge in [0.15, 0.2) is 33.3 Å². The van der Waals surface area contributed by atoms with Gasteiger partial charge in [0.05, 0.1) is 13.2 Å². The first-order valence-corrected chi connectivity index (χ1v) is 32.9. The smallest absolute Gasteiger partial charge is 0.311 e. The molecule has 0 aliphatic heterocycles. The lowest BCUT2D eigenvalue weighted by Crippen LogP contribution is -2.51. The zero-order valence-corrected chi connectivity index (χ0v) is 33.2. The molecule has 2 atom stereocenters. The molecule has 0 saturated carbocycles. The Morgan fingerprint density at radius 2 is 0.763 bits per heavy atom. The third kappa shape index (κ3) is 20.0. The molecule has 0 fully saturated rings. The first kappa shape index (κ1) is 39.0. The number of ether oxygens (including phenoxy) is 2. The third-order valence-electron chi connectivity index (χ3n) is 5.43. The number of hydrogen-bond donors (Lipinski definition) is 2. The topological polar surface area (TPSA) is 95.8 Å². The highest BCUT2D eigenvalue weighted by Gasteiger charge is 2.39. The molecule has 230 valence electrons. The largest absolute Gasteiger partial charge is 0.437 e. The fraction of sp³-hybridized carbons (Fsp3) is 1.00. The molecule has 0 unspecified atom stereocenters. The van der Waals surface area contributed by atoms with Gasteiger partial charge < -0.3 is 36.1 Å². The third-order valence-corrected chi connectivity index (χ3v) is 25.7. The molecule has 8 nitrogen and oxygen atoms in total. The summed E-state index contributed by atoms with van der Waals surface area (Å²) < 4.78 is 37.7. The molecule has 0 amide bonds. The first-order valence-electron chi connectivity index (χ1n) is 14.2. The Bertz CT molecular complexity index is 609. The lowest BCUT2D eigenvalue weighted by Gasteiger charge is -2.37. The van der Waals surface area contributed by atoms with Crippen molar-refractivity contribution in [3.05, 3.63) is 0 Å². The van der Waals surface area contributed by atoms with Crippen molar-refractivity contribution >= 4 is 50.4 Å². The van der Waals surface area contributed by atoms with Crippen LogP contribution in [0.2, 0.25) is 104 Å². The fourth-order valence-electron chi connectivity index (χ4n) is 4.97. The van der Waals surface area contributed by atoms with Crippen LogP contribution in [0.4, 0.5) is 0 Å². The minimum absolute atomic E-state index is 0.191. The van der Waals surface area contributed by atoms with E-state index >= 15 is 0 Å². The maximum atomic E-state index is 9.90. The molecule has 14 heteroatoms. The molecule has 0 aliphatic carbocycles. The number of rotatable bonds is 21. The van der Waals surface area contributed by atoms with Gasteiger partial charge in [-0.05, 0) is 117 Å². The maximum absolute atomic E-state index is 9.90. The predicted octanol–water partition coefficient (Wildman–Crippen LogP) is 6.07. The molecule has 0 aromatic carbocycles. The fourth-order valence-corrected chi connectivity index (χ4v) is 31.3. The van der Waals surface area contributed by atoms with Crippen LogP contribution in [0.25, 0.3) is 0 Å².